The van der Waals surface area contributed by atoms with Gasteiger partial charge in [-0.05, 0) is 75.1 Å². The molecule has 1 atom stereocenters. The molecule has 0 amide bonds. The predicted molar refractivity (Wildman–Crippen MR) is 82.1 cm³/mol. The van der Waals surface area contributed by atoms with Crippen LogP contribution in [0.15, 0.2) is 18.2 Å². The third kappa shape index (κ3) is 4.50. The van der Waals surface area contributed by atoms with E-state index < -0.39 is 5.54 Å². The molecule has 1 aromatic rings. The van der Waals surface area contributed by atoms with Crippen molar-refractivity contribution in [3.8, 4) is 5.75 Å². The maximum absolute atomic E-state index is 9.08. The lowest BCUT2D eigenvalue weighted by molar-refractivity contribution is 0.194. The summed E-state index contributed by atoms with van der Waals surface area (Å²) in [6.45, 7) is 2.65. The summed E-state index contributed by atoms with van der Waals surface area (Å²) in [6.07, 6.45) is 7.81. The normalized spacial score (nSPS) is 17.4. The molecule has 2 rings (SSSR count). The molecule has 0 bridgehead atoms. The standard InChI is InChI=1S/C17H27NO2/c1-17(18,13-19)10-4-5-11-20-16-9-8-14-6-2-3-7-15(14)12-16/h8-9,12,19H,2-7,10-11,13,18H2,1H3. The first-order valence-electron chi connectivity index (χ1n) is 7.75. The molecule has 3 heteroatoms. The van der Waals surface area contributed by atoms with Gasteiger partial charge in [0.05, 0.1) is 13.2 Å². The van der Waals surface area contributed by atoms with Gasteiger partial charge < -0.3 is 15.6 Å². The SMILES string of the molecule is CC(N)(CO)CCCCOc1ccc2c(c1)CCCC2. The second-order valence-corrected chi connectivity index (χ2v) is 6.26. The Kier molecular flexibility index (Phi) is 5.44. The van der Waals surface area contributed by atoms with Crippen molar-refractivity contribution in [1.29, 1.82) is 0 Å². The van der Waals surface area contributed by atoms with Crippen LogP contribution >= 0.6 is 0 Å². The zero-order chi connectivity index (χ0) is 14.4. The first-order chi connectivity index (χ1) is 9.61. The zero-order valence-electron chi connectivity index (χ0n) is 12.5. The van der Waals surface area contributed by atoms with Crippen LogP contribution in [-0.4, -0.2) is 23.9 Å². The molecule has 0 fully saturated rings. The molecule has 0 saturated carbocycles. The van der Waals surface area contributed by atoms with Gasteiger partial charge in [-0.15, -0.1) is 0 Å². The quantitative estimate of drug-likeness (QED) is 0.754. The fourth-order valence-corrected chi connectivity index (χ4v) is 2.70. The average molecular weight is 277 g/mol. The van der Waals surface area contributed by atoms with E-state index in [1.54, 1.807) is 0 Å². The first-order valence-corrected chi connectivity index (χ1v) is 7.75. The Morgan fingerprint density at radius 3 is 2.70 bits per heavy atom. The Morgan fingerprint density at radius 1 is 1.20 bits per heavy atom. The fourth-order valence-electron chi connectivity index (χ4n) is 2.70. The zero-order valence-corrected chi connectivity index (χ0v) is 12.5. The van der Waals surface area contributed by atoms with Crippen molar-refractivity contribution in [3.63, 3.8) is 0 Å². The minimum Gasteiger partial charge on any atom is -0.494 e. The van der Waals surface area contributed by atoms with Gasteiger partial charge in [-0.3, -0.25) is 0 Å². The van der Waals surface area contributed by atoms with Crippen LogP contribution in [-0.2, 0) is 12.8 Å². The maximum atomic E-state index is 9.08. The van der Waals surface area contributed by atoms with Gasteiger partial charge in [-0.2, -0.15) is 0 Å². The number of ether oxygens (including phenoxy) is 1. The van der Waals surface area contributed by atoms with Crippen LogP contribution < -0.4 is 10.5 Å². The molecule has 0 aromatic heterocycles. The molecule has 3 nitrogen and oxygen atoms in total. The van der Waals surface area contributed by atoms with Crippen molar-refractivity contribution in [2.75, 3.05) is 13.2 Å². The molecule has 0 spiro atoms. The van der Waals surface area contributed by atoms with Crippen LogP contribution in [0, 0.1) is 0 Å². The second-order valence-electron chi connectivity index (χ2n) is 6.26. The van der Waals surface area contributed by atoms with Crippen LogP contribution in [0.3, 0.4) is 0 Å². The number of hydrogen-bond donors (Lipinski definition) is 2. The minimum atomic E-state index is -0.453. The van der Waals surface area contributed by atoms with Gasteiger partial charge >= 0.3 is 0 Å². The number of nitrogens with two attached hydrogens (primary N) is 1. The Balaban J connectivity index is 1.72. The molecule has 1 aliphatic carbocycles. The molecule has 0 aliphatic heterocycles. The lowest BCUT2D eigenvalue weighted by atomic mass is 9.92. The molecule has 1 aliphatic rings. The monoisotopic (exact) mass is 277 g/mol. The van der Waals surface area contributed by atoms with Gasteiger partial charge in [0.1, 0.15) is 5.75 Å². The van der Waals surface area contributed by atoms with Crippen LogP contribution in [0.25, 0.3) is 0 Å². The van der Waals surface area contributed by atoms with E-state index in [1.165, 1.54) is 36.8 Å². The number of fused-ring (bicyclic) bond motifs is 1. The molecule has 3 N–H and O–H groups in total. The third-order valence-corrected chi connectivity index (χ3v) is 4.09. The van der Waals surface area contributed by atoms with Crippen molar-refractivity contribution in [2.45, 2.75) is 57.4 Å². The van der Waals surface area contributed by atoms with E-state index in [4.69, 9.17) is 15.6 Å². The van der Waals surface area contributed by atoms with Crippen molar-refractivity contribution in [2.24, 2.45) is 5.73 Å². The summed E-state index contributed by atoms with van der Waals surface area (Å²) in [7, 11) is 0. The van der Waals surface area contributed by atoms with Gasteiger partial charge in [0.25, 0.3) is 0 Å². The number of rotatable bonds is 7. The Morgan fingerprint density at radius 2 is 1.95 bits per heavy atom. The molecule has 0 heterocycles. The number of benzene rings is 1. The molecule has 0 radical (unpaired) electrons. The van der Waals surface area contributed by atoms with E-state index >= 15 is 0 Å². The predicted octanol–water partition coefficient (Wildman–Crippen LogP) is 2.82. The number of unbranched alkanes of at least 4 members (excludes halogenated alkanes) is 1. The van der Waals surface area contributed by atoms with E-state index in [0.29, 0.717) is 0 Å². The van der Waals surface area contributed by atoms with E-state index in [-0.39, 0.29) is 6.61 Å². The molecular weight excluding hydrogens is 250 g/mol. The lowest BCUT2D eigenvalue weighted by Crippen LogP contribution is -2.39. The van der Waals surface area contributed by atoms with E-state index in [1.807, 2.05) is 6.92 Å². The smallest absolute Gasteiger partial charge is 0.119 e. The van der Waals surface area contributed by atoms with Crippen molar-refractivity contribution in [1.82, 2.24) is 0 Å². The highest BCUT2D eigenvalue weighted by Crippen LogP contribution is 2.25. The van der Waals surface area contributed by atoms with E-state index in [9.17, 15) is 0 Å². The Bertz CT molecular complexity index is 429. The van der Waals surface area contributed by atoms with Crippen LogP contribution in [0.2, 0.25) is 0 Å². The second kappa shape index (κ2) is 7.09. The summed E-state index contributed by atoms with van der Waals surface area (Å²) in [6, 6.07) is 6.51. The average Bonchev–Trinajstić information content (AvgIpc) is 2.46. The summed E-state index contributed by atoms with van der Waals surface area (Å²) in [5.74, 6) is 0.989. The maximum Gasteiger partial charge on any atom is 0.119 e. The van der Waals surface area contributed by atoms with E-state index in [2.05, 4.69) is 18.2 Å². The van der Waals surface area contributed by atoms with Gasteiger partial charge in [0.15, 0.2) is 0 Å². The summed E-state index contributed by atoms with van der Waals surface area (Å²) in [5, 5.41) is 9.08. The fraction of sp³-hybridized carbons (Fsp3) is 0.647. The largest absolute Gasteiger partial charge is 0.494 e. The topological polar surface area (TPSA) is 55.5 Å². The van der Waals surface area contributed by atoms with Gasteiger partial charge in [0, 0.05) is 5.54 Å². The highest BCUT2D eigenvalue weighted by molar-refractivity contribution is 5.37. The van der Waals surface area contributed by atoms with Gasteiger partial charge in [0.2, 0.25) is 0 Å². The highest BCUT2D eigenvalue weighted by Gasteiger charge is 2.15. The molecule has 112 valence electrons. The van der Waals surface area contributed by atoms with Gasteiger partial charge in [-0.25, -0.2) is 0 Å². The van der Waals surface area contributed by atoms with Gasteiger partial charge in [-0.1, -0.05) is 6.07 Å². The van der Waals surface area contributed by atoms with Crippen LogP contribution in [0.5, 0.6) is 5.75 Å². The molecule has 0 saturated heterocycles. The third-order valence-electron chi connectivity index (χ3n) is 4.09. The molecular formula is C17H27NO2. The summed E-state index contributed by atoms with van der Waals surface area (Å²) in [5.41, 5.74) is 8.40. The summed E-state index contributed by atoms with van der Waals surface area (Å²) >= 11 is 0. The molecule has 1 unspecified atom stereocenters. The highest BCUT2D eigenvalue weighted by atomic mass is 16.5. The molecule has 1 aromatic carbocycles. The van der Waals surface area contributed by atoms with Crippen LogP contribution in [0.4, 0.5) is 0 Å². The Labute approximate surface area is 122 Å². The number of aliphatic hydroxyl groups excluding tert-OH is 1. The summed E-state index contributed by atoms with van der Waals surface area (Å²) in [4.78, 5) is 0. The lowest BCUT2D eigenvalue weighted by Gasteiger charge is -2.21. The number of aliphatic hydroxyl groups is 1. The number of aryl methyl sites for hydroxylation is 2. The first kappa shape index (κ1) is 15.3. The summed E-state index contributed by atoms with van der Waals surface area (Å²) < 4.78 is 5.82. The van der Waals surface area contributed by atoms with E-state index in [0.717, 1.165) is 31.6 Å². The van der Waals surface area contributed by atoms with Crippen molar-refractivity contribution < 1.29 is 9.84 Å². The van der Waals surface area contributed by atoms with Crippen molar-refractivity contribution >= 4 is 0 Å². The minimum absolute atomic E-state index is 0.0404. The van der Waals surface area contributed by atoms with Crippen LogP contribution in [0.1, 0.15) is 50.2 Å². The number of hydrogen-bond acceptors (Lipinski definition) is 3. The molecule has 20 heavy (non-hydrogen) atoms. The Hall–Kier alpha value is -1.06. The van der Waals surface area contributed by atoms with Crippen molar-refractivity contribution in [3.05, 3.63) is 29.3 Å².